The van der Waals surface area contributed by atoms with Gasteiger partial charge in [-0.15, -0.1) is 0 Å². The van der Waals surface area contributed by atoms with Gasteiger partial charge in [0.1, 0.15) is 5.69 Å². The van der Waals surface area contributed by atoms with Gasteiger partial charge >= 0.3 is 0 Å². The Bertz CT molecular complexity index is 407. The number of carbonyl (C=O) groups is 1. The summed E-state index contributed by atoms with van der Waals surface area (Å²) in [5, 5.41) is 2.79. The van der Waals surface area contributed by atoms with Crippen molar-refractivity contribution in [2.75, 3.05) is 6.54 Å². The highest BCUT2D eigenvalue weighted by molar-refractivity contribution is 5.92. The maximum atomic E-state index is 11.5. The van der Waals surface area contributed by atoms with Crippen molar-refractivity contribution in [1.29, 1.82) is 0 Å². The van der Waals surface area contributed by atoms with Crippen molar-refractivity contribution in [3.05, 3.63) is 34.2 Å². The van der Waals surface area contributed by atoms with E-state index in [0.29, 0.717) is 12.2 Å². The SMILES string of the molecule is O=C(NCCC1CC1)c1cccc(=O)[nH]1. The molecule has 1 aliphatic carbocycles. The summed E-state index contributed by atoms with van der Waals surface area (Å²) in [5.74, 6) is 0.605. The van der Waals surface area contributed by atoms with Gasteiger partial charge in [-0.05, 0) is 18.4 Å². The summed E-state index contributed by atoms with van der Waals surface area (Å²) < 4.78 is 0. The van der Waals surface area contributed by atoms with Crippen molar-refractivity contribution in [2.24, 2.45) is 5.92 Å². The third-order valence-corrected chi connectivity index (χ3v) is 2.55. The lowest BCUT2D eigenvalue weighted by Crippen LogP contribution is -2.27. The Morgan fingerprint density at radius 2 is 2.27 bits per heavy atom. The Kier molecular flexibility index (Phi) is 2.85. The number of amides is 1. The summed E-state index contributed by atoms with van der Waals surface area (Å²) in [5.41, 5.74) is 0.0862. The lowest BCUT2D eigenvalue weighted by Gasteiger charge is -2.03. The van der Waals surface area contributed by atoms with Gasteiger partial charge in [0.2, 0.25) is 5.56 Å². The molecule has 1 fully saturated rings. The van der Waals surface area contributed by atoms with E-state index in [2.05, 4.69) is 10.3 Å². The van der Waals surface area contributed by atoms with E-state index >= 15 is 0 Å². The molecule has 15 heavy (non-hydrogen) atoms. The number of H-pyrrole nitrogens is 1. The molecule has 4 nitrogen and oxygen atoms in total. The third kappa shape index (κ3) is 2.94. The zero-order valence-electron chi connectivity index (χ0n) is 8.45. The van der Waals surface area contributed by atoms with Gasteiger partial charge in [0.05, 0.1) is 0 Å². The number of carbonyl (C=O) groups excluding carboxylic acids is 1. The number of hydrogen-bond donors (Lipinski definition) is 2. The first-order valence-electron chi connectivity index (χ1n) is 5.23. The normalized spacial score (nSPS) is 14.9. The lowest BCUT2D eigenvalue weighted by molar-refractivity contribution is 0.0947. The van der Waals surface area contributed by atoms with Crippen molar-refractivity contribution >= 4 is 5.91 Å². The molecule has 1 amide bonds. The molecule has 0 spiro atoms. The van der Waals surface area contributed by atoms with Crippen LogP contribution in [0.15, 0.2) is 23.0 Å². The molecule has 0 aliphatic heterocycles. The second-order valence-corrected chi connectivity index (χ2v) is 3.92. The topological polar surface area (TPSA) is 62.0 Å². The molecule has 0 atom stereocenters. The van der Waals surface area contributed by atoms with E-state index < -0.39 is 0 Å². The molecule has 0 bridgehead atoms. The standard InChI is InChI=1S/C11H14N2O2/c14-10-3-1-2-9(13-10)11(15)12-7-6-8-4-5-8/h1-3,8H,4-7H2,(H,12,15)(H,13,14). The van der Waals surface area contributed by atoms with Crippen molar-refractivity contribution in [2.45, 2.75) is 19.3 Å². The lowest BCUT2D eigenvalue weighted by atomic mass is 10.3. The largest absolute Gasteiger partial charge is 0.351 e. The summed E-state index contributed by atoms with van der Waals surface area (Å²) >= 11 is 0. The van der Waals surface area contributed by atoms with Gasteiger partial charge in [0.15, 0.2) is 0 Å². The van der Waals surface area contributed by atoms with Gasteiger partial charge in [-0.25, -0.2) is 0 Å². The quantitative estimate of drug-likeness (QED) is 0.769. The van der Waals surface area contributed by atoms with Gasteiger partial charge in [-0.1, -0.05) is 18.9 Å². The maximum absolute atomic E-state index is 11.5. The molecule has 4 heteroatoms. The van der Waals surface area contributed by atoms with Crippen LogP contribution >= 0.6 is 0 Å². The number of aromatic amines is 1. The minimum atomic E-state index is -0.246. The van der Waals surface area contributed by atoms with Crippen LogP contribution < -0.4 is 10.9 Å². The molecule has 1 aromatic heterocycles. The molecule has 1 heterocycles. The minimum absolute atomic E-state index is 0.201. The Hall–Kier alpha value is -1.58. The van der Waals surface area contributed by atoms with E-state index in [9.17, 15) is 9.59 Å². The van der Waals surface area contributed by atoms with Crippen LogP contribution in [0, 0.1) is 5.92 Å². The van der Waals surface area contributed by atoms with Crippen molar-refractivity contribution < 1.29 is 4.79 Å². The molecule has 0 aromatic carbocycles. The highest BCUT2D eigenvalue weighted by Crippen LogP contribution is 2.31. The highest BCUT2D eigenvalue weighted by atomic mass is 16.2. The molecule has 2 rings (SSSR count). The second kappa shape index (κ2) is 4.29. The molecule has 2 N–H and O–H groups in total. The van der Waals surface area contributed by atoms with Gasteiger partial charge in [0.25, 0.3) is 5.91 Å². The van der Waals surface area contributed by atoms with E-state index in [1.807, 2.05) is 0 Å². The summed E-state index contributed by atoms with van der Waals surface area (Å²) in [6.45, 7) is 0.695. The number of nitrogens with one attached hydrogen (secondary N) is 2. The fraction of sp³-hybridized carbons (Fsp3) is 0.455. The molecule has 1 saturated carbocycles. The first-order chi connectivity index (χ1) is 7.25. The number of pyridine rings is 1. The van der Waals surface area contributed by atoms with E-state index in [0.717, 1.165) is 12.3 Å². The van der Waals surface area contributed by atoms with Crippen LogP contribution in [-0.4, -0.2) is 17.4 Å². The molecular formula is C11H14N2O2. The fourth-order valence-corrected chi connectivity index (χ4v) is 1.47. The van der Waals surface area contributed by atoms with Crippen LogP contribution in [0.25, 0.3) is 0 Å². The summed E-state index contributed by atoms with van der Waals surface area (Å²) in [7, 11) is 0. The Morgan fingerprint density at radius 1 is 1.47 bits per heavy atom. The smallest absolute Gasteiger partial charge is 0.267 e. The van der Waals surface area contributed by atoms with Gasteiger partial charge in [0, 0.05) is 12.6 Å². The van der Waals surface area contributed by atoms with Crippen LogP contribution in [0.2, 0.25) is 0 Å². The average Bonchev–Trinajstić information content (AvgIpc) is 3.01. The fourth-order valence-electron chi connectivity index (χ4n) is 1.47. The van der Waals surface area contributed by atoms with Crippen molar-refractivity contribution in [3.8, 4) is 0 Å². The zero-order chi connectivity index (χ0) is 10.7. The Balaban J connectivity index is 1.86. The number of hydrogen-bond acceptors (Lipinski definition) is 2. The summed E-state index contributed by atoms with van der Waals surface area (Å²) in [4.78, 5) is 25.0. The average molecular weight is 206 g/mol. The zero-order valence-corrected chi connectivity index (χ0v) is 8.45. The first-order valence-corrected chi connectivity index (χ1v) is 5.23. The summed E-state index contributed by atoms with van der Waals surface area (Å²) in [6, 6.07) is 4.57. The molecule has 0 radical (unpaired) electrons. The van der Waals surface area contributed by atoms with E-state index in [1.165, 1.54) is 18.9 Å². The van der Waals surface area contributed by atoms with Crippen molar-refractivity contribution in [3.63, 3.8) is 0 Å². The van der Waals surface area contributed by atoms with Crippen LogP contribution in [0.3, 0.4) is 0 Å². The van der Waals surface area contributed by atoms with E-state index in [1.54, 1.807) is 12.1 Å². The highest BCUT2D eigenvalue weighted by Gasteiger charge is 2.20. The Labute approximate surface area is 87.7 Å². The van der Waals surface area contributed by atoms with E-state index in [-0.39, 0.29) is 11.5 Å². The summed E-state index contributed by atoms with van der Waals surface area (Å²) in [6.07, 6.45) is 3.62. The molecule has 0 unspecified atom stereocenters. The molecule has 1 aromatic rings. The predicted octanol–water partition coefficient (Wildman–Crippen LogP) is 0.905. The molecule has 0 saturated heterocycles. The molecular weight excluding hydrogens is 192 g/mol. The predicted molar refractivity (Wildman–Crippen MR) is 56.7 cm³/mol. The van der Waals surface area contributed by atoms with Gasteiger partial charge in [-0.2, -0.15) is 0 Å². The number of rotatable bonds is 4. The number of aromatic nitrogens is 1. The minimum Gasteiger partial charge on any atom is -0.351 e. The molecule has 1 aliphatic rings. The van der Waals surface area contributed by atoms with Crippen LogP contribution in [-0.2, 0) is 0 Å². The Morgan fingerprint density at radius 3 is 2.93 bits per heavy atom. The first kappa shape index (κ1) is 9.96. The maximum Gasteiger partial charge on any atom is 0.267 e. The molecule has 80 valence electrons. The van der Waals surface area contributed by atoms with Crippen LogP contribution in [0.1, 0.15) is 29.8 Å². The van der Waals surface area contributed by atoms with Crippen molar-refractivity contribution in [1.82, 2.24) is 10.3 Å². The second-order valence-electron chi connectivity index (χ2n) is 3.92. The van der Waals surface area contributed by atoms with Crippen LogP contribution in [0.4, 0.5) is 0 Å². The monoisotopic (exact) mass is 206 g/mol. The van der Waals surface area contributed by atoms with Gasteiger partial charge < -0.3 is 10.3 Å². The van der Waals surface area contributed by atoms with Crippen LogP contribution in [0.5, 0.6) is 0 Å². The van der Waals surface area contributed by atoms with Gasteiger partial charge in [-0.3, -0.25) is 9.59 Å². The third-order valence-electron chi connectivity index (χ3n) is 2.55. The van der Waals surface area contributed by atoms with E-state index in [4.69, 9.17) is 0 Å².